The van der Waals surface area contributed by atoms with E-state index in [-0.39, 0.29) is 5.75 Å². The smallest absolute Gasteiger partial charge is 0.337 e. The van der Waals surface area contributed by atoms with Gasteiger partial charge in [0.2, 0.25) is 0 Å². The molecule has 1 aliphatic heterocycles. The molecule has 3 rings (SSSR count). The molecule has 1 unspecified atom stereocenters. The first-order chi connectivity index (χ1) is 14.3. The first-order valence-electron chi connectivity index (χ1n) is 9.71. The van der Waals surface area contributed by atoms with E-state index >= 15 is 0 Å². The van der Waals surface area contributed by atoms with Crippen LogP contribution in [-0.2, 0) is 9.53 Å². The molecule has 30 heavy (non-hydrogen) atoms. The van der Waals surface area contributed by atoms with Crippen molar-refractivity contribution < 1.29 is 19.4 Å². The van der Waals surface area contributed by atoms with Gasteiger partial charge < -0.3 is 19.9 Å². The van der Waals surface area contributed by atoms with E-state index in [1.807, 2.05) is 50.8 Å². The Hall–Kier alpha value is -3.06. The molecule has 2 aromatic carbocycles. The van der Waals surface area contributed by atoms with Gasteiger partial charge in [0.1, 0.15) is 0 Å². The Morgan fingerprint density at radius 2 is 1.93 bits per heavy atom. The minimum atomic E-state index is -0.536. The number of phenols is 1. The lowest BCUT2D eigenvalue weighted by atomic mass is 9.94. The molecule has 0 saturated carbocycles. The molecule has 1 heterocycles. The fraction of sp³-hybridized carbons (Fsp3) is 0.304. The number of nitrogens with zero attached hydrogens (tertiary/aromatic N) is 1. The zero-order chi connectivity index (χ0) is 22.0. The number of ether oxygens (including phenoxy) is 2. The molecule has 158 valence electrons. The molecule has 7 heteroatoms. The maximum absolute atomic E-state index is 12.8. The number of phenolic OH excluding ortho intramolecular Hbond substituents is 1. The van der Waals surface area contributed by atoms with Crippen molar-refractivity contribution in [3.8, 4) is 11.5 Å². The molecule has 0 aromatic heterocycles. The standard InChI is InChI=1S/C23H26N2O4S/c1-6-29-19-12-16(9-10-18(19)26)21-20(22(27)28-5)15(4)25(23(30)24-21)17-11-13(2)7-8-14(17)3/h7-12,21,26H,6H2,1-5H3,(H,24,30). The molecule has 0 bridgehead atoms. The van der Waals surface area contributed by atoms with Crippen LogP contribution in [0, 0.1) is 13.8 Å². The van der Waals surface area contributed by atoms with Crippen LogP contribution in [0.2, 0.25) is 0 Å². The van der Waals surface area contributed by atoms with Crippen LogP contribution >= 0.6 is 12.2 Å². The lowest BCUT2D eigenvalue weighted by Crippen LogP contribution is -2.48. The van der Waals surface area contributed by atoms with E-state index in [2.05, 4.69) is 5.32 Å². The van der Waals surface area contributed by atoms with Gasteiger partial charge in [-0.15, -0.1) is 0 Å². The third-order valence-corrected chi connectivity index (χ3v) is 5.41. The summed E-state index contributed by atoms with van der Waals surface area (Å²) in [4.78, 5) is 14.7. The van der Waals surface area contributed by atoms with Crippen molar-refractivity contribution in [2.45, 2.75) is 33.7 Å². The van der Waals surface area contributed by atoms with Gasteiger partial charge >= 0.3 is 5.97 Å². The Balaban J connectivity index is 2.16. The zero-order valence-electron chi connectivity index (χ0n) is 17.8. The van der Waals surface area contributed by atoms with E-state index in [4.69, 9.17) is 21.7 Å². The number of carbonyl (C=O) groups is 1. The molecule has 2 N–H and O–H groups in total. The molecular formula is C23H26N2O4S. The van der Waals surface area contributed by atoms with Crippen LogP contribution < -0.4 is 15.0 Å². The molecule has 0 spiro atoms. The quantitative estimate of drug-likeness (QED) is 0.546. The van der Waals surface area contributed by atoms with Gasteiger partial charge in [0, 0.05) is 5.70 Å². The number of anilines is 1. The summed E-state index contributed by atoms with van der Waals surface area (Å²) < 4.78 is 10.6. The van der Waals surface area contributed by atoms with E-state index in [0.29, 0.717) is 28.7 Å². The van der Waals surface area contributed by atoms with E-state index in [9.17, 15) is 9.90 Å². The first-order valence-corrected chi connectivity index (χ1v) is 10.1. The Bertz CT molecular complexity index is 1030. The number of nitrogens with one attached hydrogen (secondary N) is 1. The second-order valence-corrected chi connectivity index (χ2v) is 7.55. The fourth-order valence-corrected chi connectivity index (χ4v) is 3.95. The van der Waals surface area contributed by atoms with Crippen molar-refractivity contribution in [3.05, 3.63) is 64.4 Å². The summed E-state index contributed by atoms with van der Waals surface area (Å²) in [6, 6.07) is 10.6. The average molecular weight is 427 g/mol. The Morgan fingerprint density at radius 3 is 2.60 bits per heavy atom. The highest BCUT2D eigenvalue weighted by atomic mass is 32.1. The molecular weight excluding hydrogens is 400 g/mol. The highest BCUT2D eigenvalue weighted by Gasteiger charge is 2.36. The van der Waals surface area contributed by atoms with Crippen LogP contribution in [0.1, 0.15) is 36.6 Å². The second-order valence-electron chi connectivity index (χ2n) is 7.16. The zero-order valence-corrected chi connectivity index (χ0v) is 18.6. The number of methoxy groups -OCH3 is 1. The van der Waals surface area contributed by atoms with Crippen LogP contribution in [0.3, 0.4) is 0 Å². The van der Waals surface area contributed by atoms with Crippen molar-refractivity contribution in [1.29, 1.82) is 0 Å². The maximum Gasteiger partial charge on any atom is 0.337 e. The number of thiocarbonyl (C=S) groups is 1. The molecule has 6 nitrogen and oxygen atoms in total. The van der Waals surface area contributed by atoms with Crippen LogP contribution in [0.15, 0.2) is 47.7 Å². The fourth-order valence-electron chi connectivity index (χ4n) is 3.60. The highest BCUT2D eigenvalue weighted by molar-refractivity contribution is 7.80. The molecule has 1 aliphatic rings. The minimum Gasteiger partial charge on any atom is -0.504 e. The molecule has 0 amide bonds. The van der Waals surface area contributed by atoms with E-state index < -0.39 is 12.0 Å². The summed E-state index contributed by atoms with van der Waals surface area (Å²) >= 11 is 5.70. The molecule has 2 aromatic rings. The van der Waals surface area contributed by atoms with E-state index in [1.165, 1.54) is 7.11 Å². The highest BCUT2D eigenvalue weighted by Crippen LogP contribution is 2.38. The summed E-state index contributed by atoms with van der Waals surface area (Å²) in [7, 11) is 1.36. The normalized spacial score (nSPS) is 16.4. The van der Waals surface area contributed by atoms with Gasteiger partial charge in [-0.05, 0) is 74.8 Å². The van der Waals surface area contributed by atoms with E-state index in [1.54, 1.807) is 18.2 Å². The number of hydrogen-bond acceptors (Lipinski definition) is 5. The summed E-state index contributed by atoms with van der Waals surface area (Å²) in [5.41, 5.74) is 4.91. The molecule has 0 fully saturated rings. The third kappa shape index (κ3) is 3.98. The Kier molecular flexibility index (Phi) is 6.31. The van der Waals surface area contributed by atoms with Crippen molar-refractivity contribution in [2.75, 3.05) is 18.6 Å². The minimum absolute atomic E-state index is 0.0383. The molecule has 1 atom stereocenters. The maximum atomic E-state index is 12.8. The van der Waals surface area contributed by atoms with Crippen molar-refractivity contribution >= 4 is 29.0 Å². The van der Waals surface area contributed by atoms with Gasteiger partial charge in [-0.25, -0.2) is 4.79 Å². The summed E-state index contributed by atoms with van der Waals surface area (Å²) in [5, 5.41) is 13.8. The number of carbonyl (C=O) groups excluding carboxylic acids is 1. The Morgan fingerprint density at radius 1 is 1.20 bits per heavy atom. The largest absolute Gasteiger partial charge is 0.504 e. The SMILES string of the molecule is CCOc1cc(C2NC(=S)N(c3cc(C)ccc3C)C(C)=C2C(=O)OC)ccc1O. The van der Waals surface area contributed by atoms with Gasteiger partial charge in [-0.2, -0.15) is 0 Å². The van der Waals surface area contributed by atoms with Crippen LogP contribution in [0.4, 0.5) is 5.69 Å². The molecule has 0 aliphatic carbocycles. The Labute approximate surface area is 182 Å². The summed E-state index contributed by atoms with van der Waals surface area (Å²) in [5.74, 6) is -0.0632. The van der Waals surface area contributed by atoms with Gasteiger partial charge in [-0.1, -0.05) is 18.2 Å². The van der Waals surface area contributed by atoms with Crippen molar-refractivity contribution in [1.82, 2.24) is 5.32 Å². The number of hydrogen-bond donors (Lipinski definition) is 2. The average Bonchev–Trinajstić information content (AvgIpc) is 2.71. The van der Waals surface area contributed by atoms with E-state index in [0.717, 1.165) is 22.4 Å². The molecule has 0 radical (unpaired) electrons. The predicted molar refractivity (Wildman–Crippen MR) is 121 cm³/mol. The van der Waals surface area contributed by atoms with Gasteiger partial charge in [0.15, 0.2) is 16.6 Å². The number of rotatable bonds is 5. The van der Waals surface area contributed by atoms with Crippen LogP contribution in [-0.4, -0.2) is 29.9 Å². The van der Waals surface area contributed by atoms with Gasteiger partial charge in [-0.3, -0.25) is 4.90 Å². The van der Waals surface area contributed by atoms with Crippen molar-refractivity contribution in [2.24, 2.45) is 0 Å². The third-order valence-electron chi connectivity index (χ3n) is 5.11. The molecule has 0 saturated heterocycles. The number of aryl methyl sites for hydroxylation is 2. The number of benzene rings is 2. The van der Waals surface area contributed by atoms with Gasteiger partial charge in [0.25, 0.3) is 0 Å². The lowest BCUT2D eigenvalue weighted by Gasteiger charge is -2.38. The summed E-state index contributed by atoms with van der Waals surface area (Å²) in [6.45, 7) is 8.12. The van der Waals surface area contributed by atoms with Crippen LogP contribution in [0.5, 0.6) is 11.5 Å². The van der Waals surface area contributed by atoms with Crippen molar-refractivity contribution in [3.63, 3.8) is 0 Å². The first kappa shape index (κ1) is 21.6. The summed E-state index contributed by atoms with van der Waals surface area (Å²) in [6.07, 6.45) is 0. The lowest BCUT2D eigenvalue weighted by molar-refractivity contribution is -0.136. The second kappa shape index (κ2) is 8.75. The van der Waals surface area contributed by atoms with Gasteiger partial charge in [0.05, 0.1) is 31.0 Å². The monoisotopic (exact) mass is 426 g/mol. The number of allylic oxidation sites excluding steroid dienone is 1. The number of aromatic hydroxyl groups is 1. The van der Waals surface area contributed by atoms with Crippen LogP contribution in [0.25, 0.3) is 0 Å². The number of esters is 1. The topological polar surface area (TPSA) is 71.0 Å². The predicted octanol–water partition coefficient (Wildman–Crippen LogP) is 4.29.